The van der Waals surface area contributed by atoms with Gasteiger partial charge in [0.05, 0.1) is 6.61 Å². The van der Waals surface area contributed by atoms with E-state index in [9.17, 15) is 4.79 Å². The number of hydrogen-bond donors (Lipinski definition) is 1. The van der Waals surface area contributed by atoms with Crippen LogP contribution in [0, 0.1) is 5.92 Å². The Morgan fingerprint density at radius 3 is 2.67 bits per heavy atom. The third-order valence-corrected chi connectivity index (χ3v) is 4.01. The number of likely N-dealkylation sites (tertiary alicyclic amines) is 1. The van der Waals surface area contributed by atoms with Crippen molar-refractivity contribution in [3.05, 3.63) is 30.3 Å². The molecule has 2 rings (SSSR count). The van der Waals surface area contributed by atoms with Crippen LogP contribution in [-0.4, -0.2) is 44.1 Å². The van der Waals surface area contributed by atoms with Crippen molar-refractivity contribution in [1.82, 2.24) is 10.2 Å². The average molecular weight is 290 g/mol. The van der Waals surface area contributed by atoms with Gasteiger partial charge < -0.3 is 15.0 Å². The van der Waals surface area contributed by atoms with Crippen LogP contribution < -0.4 is 10.1 Å². The summed E-state index contributed by atoms with van der Waals surface area (Å²) in [6.07, 6.45) is 3.61. The van der Waals surface area contributed by atoms with Gasteiger partial charge in [0.15, 0.2) is 0 Å². The predicted octanol–water partition coefficient (Wildman–Crippen LogP) is 2.30. The van der Waals surface area contributed by atoms with Gasteiger partial charge in [0, 0.05) is 19.5 Å². The standard InChI is InChI=1S/C17H26N2O2/c1-18-14-15-9-11-19(12-10-15)17(20)8-5-13-21-16-6-3-2-4-7-16/h2-4,6-7,15,18H,5,8-14H2,1H3. The second-order valence-corrected chi connectivity index (χ2v) is 5.65. The van der Waals surface area contributed by atoms with E-state index in [4.69, 9.17) is 4.74 Å². The van der Waals surface area contributed by atoms with Crippen molar-refractivity contribution in [2.75, 3.05) is 33.3 Å². The van der Waals surface area contributed by atoms with Gasteiger partial charge in [0.2, 0.25) is 5.91 Å². The molecule has 0 saturated carbocycles. The van der Waals surface area contributed by atoms with E-state index in [-0.39, 0.29) is 5.91 Å². The topological polar surface area (TPSA) is 41.6 Å². The lowest BCUT2D eigenvalue weighted by Gasteiger charge is -2.32. The summed E-state index contributed by atoms with van der Waals surface area (Å²) in [4.78, 5) is 14.1. The largest absolute Gasteiger partial charge is 0.494 e. The van der Waals surface area contributed by atoms with Crippen molar-refractivity contribution in [3.8, 4) is 5.75 Å². The van der Waals surface area contributed by atoms with Gasteiger partial charge in [-0.1, -0.05) is 18.2 Å². The summed E-state index contributed by atoms with van der Waals surface area (Å²) >= 11 is 0. The first-order valence-corrected chi connectivity index (χ1v) is 7.90. The van der Waals surface area contributed by atoms with Crippen LogP contribution in [0.3, 0.4) is 0 Å². The molecular formula is C17H26N2O2. The summed E-state index contributed by atoms with van der Waals surface area (Å²) in [7, 11) is 1.99. The minimum Gasteiger partial charge on any atom is -0.494 e. The number of benzene rings is 1. The number of rotatable bonds is 7. The molecule has 1 heterocycles. The SMILES string of the molecule is CNCC1CCN(C(=O)CCCOc2ccccc2)CC1. The number of para-hydroxylation sites is 1. The van der Waals surface area contributed by atoms with Crippen LogP contribution in [0.4, 0.5) is 0 Å². The Hall–Kier alpha value is -1.55. The molecule has 1 N–H and O–H groups in total. The van der Waals surface area contributed by atoms with Crippen LogP contribution in [0.2, 0.25) is 0 Å². The first kappa shape index (κ1) is 15.8. The van der Waals surface area contributed by atoms with Crippen molar-refractivity contribution < 1.29 is 9.53 Å². The maximum atomic E-state index is 12.1. The summed E-state index contributed by atoms with van der Waals surface area (Å²) in [5.41, 5.74) is 0. The fourth-order valence-electron chi connectivity index (χ4n) is 2.76. The van der Waals surface area contributed by atoms with Gasteiger partial charge in [-0.25, -0.2) is 0 Å². The molecule has 0 bridgehead atoms. The van der Waals surface area contributed by atoms with Crippen LogP contribution in [0.5, 0.6) is 5.75 Å². The lowest BCUT2D eigenvalue weighted by Crippen LogP contribution is -2.40. The maximum Gasteiger partial charge on any atom is 0.222 e. The summed E-state index contributed by atoms with van der Waals surface area (Å²) in [5, 5.41) is 3.22. The highest BCUT2D eigenvalue weighted by molar-refractivity contribution is 5.76. The van der Waals surface area contributed by atoms with E-state index in [1.165, 1.54) is 0 Å². The third kappa shape index (κ3) is 5.38. The molecule has 1 fully saturated rings. The van der Waals surface area contributed by atoms with Crippen LogP contribution in [0.1, 0.15) is 25.7 Å². The minimum atomic E-state index is 0.273. The molecule has 0 spiro atoms. The summed E-state index contributed by atoms with van der Waals surface area (Å²) < 4.78 is 5.61. The highest BCUT2D eigenvalue weighted by atomic mass is 16.5. The molecule has 0 aromatic heterocycles. The zero-order valence-electron chi connectivity index (χ0n) is 12.9. The monoisotopic (exact) mass is 290 g/mol. The molecule has 0 radical (unpaired) electrons. The molecule has 4 nitrogen and oxygen atoms in total. The Morgan fingerprint density at radius 2 is 2.00 bits per heavy atom. The van der Waals surface area contributed by atoms with Gasteiger partial charge in [-0.2, -0.15) is 0 Å². The van der Waals surface area contributed by atoms with Gasteiger partial charge in [0.25, 0.3) is 0 Å². The molecule has 1 saturated heterocycles. The Bertz CT molecular complexity index is 414. The van der Waals surface area contributed by atoms with Gasteiger partial charge in [0.1, 0.15) is 5.75 Å². The van der Waals surface area contributed by atoms with E-state index in [1.54, 1.807) is 0 Å². The van der Waals surface area contributed by atoms with E-state index >= 15 is 0 Å². The number of piperidine rings is 1. The Balaban J connectivity index is 1.60. The van der Waals surface area contributed by atoms with Gasteiger partial charge in [-0.3, -0.25) is 4.79 Å². The summed E-state index contributed by atoms with van der Waals surface area (Å²) in [5.74, 6) is 1.87. The minimum absolute atomic E-state index is 0.273. The van der Waals surface area contributed by atoms with E-state index in [1.807, 2.05) is 42.3 Å². The van der Waals surface area contributed by atoms with Crippen molar-refractivity contribution in [2.24, 2.45) is 5.92 Å². The van der Waals surface area contributed by atoms with E-state index in [2.05, 4.69) is 5.32 Å². The van der Waals surface area contributed by atoms with Crippen molar-refractivity contribution in [3.63, 3.8) is 0 Å². The van der Waals surface area contributed by atoms with Gasteiger partial charge in [-0.05, 0) is 50.9 Å². The molecule has 0 unspecified atom stereocenters. The third-order valence-electron chi connectivity index (χ3n) is 4.01. The number of carbonyl (C=O) groups is 1. The number of hydrogen-bond acceptors (Lipinski definition) is 3. The van der Waals surface area contributed by atoms with Crippen molar-refractivity contribution >= 4 is 5.91 Å². The maximum absolute atomic E-state index is 12.1. The normalized spacial score (nSPS) is 16.0. The Labute approximate surface area is 127 Å². The van der Waals surface area contributed by atoms with Gasteiger partial charge >= 0.3 is 0 Å². The molecule has 4 heteroatoms. The van der Waals surface area contributed by atoms with E-state index in [0.717, 1.165) is 50.6 Å². The second-order valence-electron chi connectivity index (χ2n) is 5.65. The first-order chi connectivity index (χ1) is 10.3. The summed E-state index contributed by atoms with van der Waals surface area (Å²) in [6.45, 7) is 3.48. The molecule has 0 aliphatic carbocycles. The molecule has 1 aliphatic rings. The molecule has 1 aliphatic heterocycles. The number of nitrogens with zero attached hydrogens (tertiary/aromatic N) is 1. The first-order valence-electron chi connectivity index (χ1n) is 7.90. The fourth-order valence-corrected chi connectivity index (χ4v) is 2.76. The molecular weight excluding hydrogens is 264 g/mol. The Morgan fingerprint density at radius 1 is 1.29 bits per heavy atom. The fraction of sp³-hybridized carbons (Fsp3) is 0.588. The van der Waals surface area contributed by atoms with E-state index < -0.39 is 0 Å². The van der Waals surface area contributed by atoms with E-state index in [0.29, 0.717) is 13.0 Å². The molecule has 1 aromatic rings. The number of ether oxygens (including phenoxy) is 1. The van der Waals surface area contributed by atoms with Crippen molar-refractivity contribution in [1.29, 1.82) is 0 Å². The highest BCUT2D eigenvalue weighted by Crippen LogP contribution is 2.17. The number of nitrogens with one attached hydrogen (secondary N) is 1. The molecule has 1 aromatic carbocycles. The second kappa shape index (κ2) is 8.67. The van der Waals surface area contributed by atoms with Crippen LogP contribution in [0.15, 0.2) is 30.3 Å². The van der Waals surface area contributed by atoms with Crippen LogP contribution in [0.25, 0.3) is 0 Å². The highest BCUT2D eigenvalue weighted by Gasteiger charge is 2.21. The smallest absolute Gasteiger partial charge is 0.222 e. The molecule has 21 heavy (non-hydrogen) atoms. The van der Waals surface area contributed by atoms with Crippen LogP contribution in [-0.2, 0) is 4.79 Å². The number of amides is 1. The average Bonchev–Trinajstić information content (AvgIpc) is 2.53. The zero-order chi connectivity index (χ0) is 14.9. The quantitative estimate of drug-likeness (QED) is 0.784. The Kier molecular flexibility index (Phi) is 6.54. The molecule has 0 atom stereocenters. The molecule has 116 valence electrons. The van der Waals surface area contributed by atoms with Crippen molar-refractivity contribution in [2.45, 2.75) is 25.7 Å². The zero-order valence-corrected chi connectivity index (χ0v) is 12.9. The predicted molar refractivity (Wildman–Crippen MR) is 84.4 cm³/mol. The lowest BCUT2D eigenvalue weighted by atomic mass is 9.96. The number of carbonyl (C=O) groups excluding carboxylic acids is 1. The van der Waals surface area contributed by atoms with Gasteiger partial charge in [-0.15, -0.1) is 0 Å². The molecule has 1 amide bonds. The van der Waals surface area contributed by atoms with Crippen LogP contribution >= 0.6 is 0 Å². The lowest BCUT2D eigenvalue weighted by molar-refractivity contribution is -0.132. The summed E-state index contributed by atoms with van der Waals surface area (Å²) in [6, 6.07) is 9.75.